The van der Waals surface area contributed by atoms with Crippen LogP contribution in [0.25, 0.3) is 0 Å². The van der Waals surface area contributed by atoms with Crippen molar-refractivity contribution in [1.82, 2.24) is 0 Å². The van der Waals surface area contributed by atoms with Gasteiger partial charge in [0.15, 0.2) is 0 Å². The highest BCUT2D eigenvalue weighted by atomic mass is 31.2. The normalized spacial score (nSPS) is 16.0. The molecular weight excluding hydrogens is 441 g/mol. The first-order chi connectivity index (χ1) is 15.6. The molecule has 0 aromatic rings. The van der Waals surface area contributed by atoms with Crippen molar-refractivity contribution in [1.29, 1.82) is 0 Å². The molecule has 0 radical (unpaired) electrons. The number of phosphoric acid groups is 1. The summed E-state index contributed by atoms with van der Waals surface area (Å²) in [5.74, 6) is 0. The van der Waals surface area contributed by atoms with Gasteiger partial charge in [-0.3, -0.25) is 9.05 Å². The highest BCUT2D eigenvalue weighted by Crippen LogP contribution is 2.43. The van der Waals surface area contributed by atoms with Gasteiger partial charge in [-0.1, -0.05) is 90.4 Å². The lowest BCUT2D eigenvalue weighted by Crippen LogP contribution is -2.45. The number of unbranched alkanes of at least 4 members (excludes halogenated alkanes) is 13. The number of rotatable bonds is 24. The molecule has 0 aliphatic heterocycles. The molecule has 0 aliphatic rings. The number of likely N-dealkylation sites (N-methyl/N-ethyl adjacent to an activating group) is 1. The van der Waals surface area contributed by atoms with Crippen LogP contribution < -0.4 is 0 Å². The fraction of sp³-hybridized carbons (Fsp3) is 1.00. The van der Waals surface area contributed by atoms with Crippen molar-refractivity contribution in [3.63, 3.8) is 0 Å². The number of nitrogens with zero attached hydrogens (tertiary/aromatic N) is 1. The minimum absolute atomic E-state index is 0.0347. The number of ether oxygens (including phenoxy) is 1. The van der Waals surface area contributed by atoms with Gasteiger partial charge in [0, 0.05) is 6.61 Å². The molecule has 0 heterocycles. The topological polar surface area (TPSA) is 85.2 Å². The van der Waals surface area contributed by atoms with Crippen molar-refractivity contribution in [2.75, 3.05) is 47.6 Å². The van der Waals surface area contributed by atoms with Crippen molar-refractivity contribution < 1.29 is 32.8 Å². The van der Waals surface area contributed by atoms with E-state index in [1.807, 2.05) is 28.1 Å². The number of aliphatic hydroxyl groups excluding tert-OH is 1. The second-order valence-electron chi connectivity index (χ2n) is 10.4. The summed E-state index contributed by atoms with van der Waals surface area (Å²) in [6, 6.07) is 0.0347. The zero-order chi connectivity index (χ0) is 25.0. The zero-order valence-electron chi connectivity index (χ0n) is 22.3. The van der Waals surface area contributed by atoms with E-state index in [9.17, 15) is 14.6 Å². The highest BCUT2D eigenvalue weighted by molar-refractivity contribution is 7.47. The third-order valence-electron chi connectivity index (χ3n) is 6.18. The maximum absolute atomic E-state index is 11.9. The Morgan fingerprint density at radius 2 is 1.15 bits per heavy atom. The van der Waals surface area contributed by atoms with Crippen LogP contribution in [0, 0.1) is 0 Å². The van der Waals surface area contributed by atoms with E-state index in [4.69, 9.17) is 13.8 Å². The van der Waals surface area contributed by atoms with Gasteiger partial charge in [0.2, 0.25) is 0 Å². The van der Waals surface area contributed by atoms with Crippen molar-refractivity contribution in [2.24, 2.45) is 0 Å². The van der Waals surface area contributed by atoms with Gasteiger partial charge in [-0.25, -0.2) is 4.57 Å². The van der Waals surface area contributed by atoms with E-state index in [1.54, 1.807) is 0 Å². The number of hydrogen-bond donors (Lipinski definition) is 2. The molecule has 0 fully saturated rings. The summed E-state index contributed by atoms with van der Waals surface area (Å²) in [6.45, 7) is 4.69. The lowest BCUT2D eigenvalue weighted by molar-refractivity contribution is -0.894. The number of hydrogen-bond acceptors (Lipinski definition) is 5. The summed E-state index contributed by atoms with van der Waals surface area (Å²) in [7, 11) is 1.78. The lowest BCUT2D eigenvalue weighted by atomic mass is 10.0. The van der Waals surface area contributed by atoms with Crippen LogP contribution in [-0.4, -0.2) is 74.2 Å². The van der Waals surface area contributed by atoms with E-state index in [1.165, 1.54) is 77.0 Å². The van der Waals surface area contributed by atoms with Crippen LogP contribution in [0.15, 0.2) is 0 Å². The fourth-order valence-corrected chi connectivity index (χ4v) is 4.15. The fourth-order valence-electron chi connectivity index (χ4n) is 3.31. The SMILES string of the molecule is CCCCCCCCCCCCCCCCOCC(O)COP(=O)(O)OCC(C)[N+](C)(C)C. The quantitative estimate of drug-likeness (QED) is 0.0958. The molecule has 3 unspecified atom stereocenters. The average Bonchev–Trinajstić information content (AvgIpc) is 2.75. The van der Waals surface area contributed by atoms with Crippen molar-refractivity contribution in [3.05, 3.63) is 0 Å². The van der Waals surface area contributed by atoms with Gasteiger partial charge < -0.3 is 19.2 Å². The first-order valence-electron chi connectivity index (χ1n) is 13.3. The molecular formula is C25H55NO6P+. The Morgan fingerprint density at radius 1 is 0.727 bits per heavy atom. The Bertz CT molecular complexity index is 486. The van der Waals surface area contributed by atoms with Crippen molar-refractivity contribution in [2.45, 2.75) is 116 Å². The van der Waals surface area contributed by atoms with Crippen LogP contribution in [0.3, 0.4) is 0 Å². The number of phosphoric ester groups is 1. The monoisotopic (exact) mass is 496 g/mol. The highest BCUT2D eigenvalue weighted by Gasteiger charge is 2.27. The first kappa shape index (κ1) is 33.0. The molecule has 2 N–H and O–H groups in total. The van der Waals surface area contributed by atoms with Crippen LogP contribution in [0.5, 0.6) is 0 Å². The molecule has 7 nitrogen and oxygen atoms in total. The van der Waals surface area contributed by atoms with Crippen LogP contribution in [0.2, 0.25) is 0 Å². The van der Waals surface area contributed by atoms with Gasteiger partial charge in [0.1, 0.15) is 18.8 Å². The molecule has 0 aliphatic carbocycles. The molecule has 0 aromatic carbocycles. The molecule has 0 bridgehead atoms. The van der Waals surface area contributed by atoms with Crippen LogP contribution in [-0.2, 0) is 18.3 Å². The molecule has 3 atom stereocenters. The molecule has 0 amide bonds. The summed E-state index contributed by atoms with van der Waals surface area (Å²) in [5, 5.41) is 9.89. The number of aliphatic hydroxyl groups is 1. The Balaban J connectivity index is 3.48. The van der Waals surface area contributed by atoms with E-state index in [0.29, 0.717) is 11.1 Å². The van der Waals surface area contributed by atoms with E-state index in [-0.39, 0.29) is 25.9 Å². The minimum atomic E-state index is -4.17. The summed E-state index contributed by atoms with van der Waals surface area (Å²) in [6.07, 6.45) is 17.4. The Kier molecular flexibility index (Phi) is 20.2. The molecule has 33 heavy (non-hydrogen) atoms. The van der Waals surface area contributed by atoms with Gasteiger partial charge in [-0.05, 0) is 13.3 Å². The summed E-state index contributed by atoms with van der Waals surface area (Å²) >= 11 is 0. The maximum Gasteiger partial charge on any atom is 0.472 e. The standard InChI is InChI=1S/C25H54NO6P/c1-6-7-8-9-10-11-12-13-14-15-16-17-18-19-20-30-22-25(27)23-32-33(28,29)31-21-24(2)26(3,4)5/h24-25,27H,6-23H2,1-5H3/p+1. The third-order valence-corrected chi connectivity index (χ3v) is 7.13. The second kappa shape index (κ2) is 20.2. The second-order valence-corrected chi connectivity index (χ2v) is 11.8. The van der Waals surface area contributed by atoms with Crippen molar-refractivity contribution >= 4 is 7.82 Å². The predicted octanol–water partition coefficient (Wildman–Crippen LogP) is 6.07. The summed E-state index contributed by atoms with van der Waals surface area (Å²) < 4.78 is 27.9. The van der Waals surface area contributed by atoms with Gasteiger partial charge >= 0.3 is 7.82 Å². The Hall–Kier alpha value is -0.0100. The molecule has 0 saturated carbocycles. The van der Waals surface area contributed by atoms with E-state index < -0.39 is 13.9 Å². The van der Waals surface area contributed by atoms with Crippen LogP contribution in [0.4, 0.5) is 0 Å². The van der Waals surface area contributed by atoms with E-state index in [0.717, 1.165) is 12.8 Å². The Labute approximate surface area is 204 Å². The Morgan fingerprint density at radius 3 is 1.61 bits per heavy atom. The molecule has 0 spiro atoms. The minimum Gasteiger partial charge on any atom is -0.388 e. The molecule has 0 aromatic heterocycles. The first-order valence-corrected chi connectivity index (χ1v) is 14.8. The molecule has 0 rings (SSSR count). The predicted molar refractivity (Wildman–Crippen MR) is 136 cm³/mol. The van der Waals surface area contributed by atoms with Crippen LogP contribution >= 0.6 is 7.82 Å². The smallest absolute Gasteiger partial charge is 0.388 e. The van der Waals surface area contributed by atoms with E-state index in [2.05, 4.69) is 6.92 Å². The molecule has 200 valence electrons. The average molecular weight is 497 g/mol. The third kappa shape index (κ3) is 22.2. The van der Waals surface area contributed by atoms with Gasteiger partial charge in [-0.15, -0.1) is 0 Å². The van der Waals surface area contributed by atoms with Crippen molar-refractivity contribution in [3.8, 4) is 0 Å². The van der Waals surface area contributed by atoms with Crippen LogP contribution in [0.1, 0.15) is 104 Å². The molecule has 0 saturated heterocycles. The van der Waals surface area contributed by atoms with Gasteiger partial charge in [0.05, 0.1) is 34.4 Å². The number of quaternary nitrogens is 1. The zero-order valence-corrected chi connectivity index (χ0v) is 23.2. The molecule has 8 heteroatoms. The van der Waals surface area contributed by atoms with Gasteiger partial charge in [0.25, 0.3) is 0 Å². The maximum atomic E-state index is 11.9. The summed E-state index contributed by atoms with van der Waals surface area (Å²) in [4.78, 5) is 9.74. The summed E-state index contributed by atoms with van der Waals surface area (Å²) in [5.41, 5.74) is 0. The van der Waals surface area contributed by atoms with Gasteiger partial charge in [-0.2, -0.15) is 0 Å². The van der Waals surface area contributed by atoms with E-state index >= 15 is 0 Å². The largest absolute Gasteiger partial charge is 0.472 e. The lowest BCUT2D eigenvalue weighted by Gasteiger charge is -2.31.